The fourth-order valence-electron chi connectivity index (χ4n) is 2.99. The van der Waals surface area contributed by atoms with Crippen molar-refractivity contribution in [3.05, 3.63) is 29.3 Å². The van der Waals surface area contributed by atoms with E-state index in [-0.39, 0.29) is 17.7 Å². The molecule has 0 aromatic heterocycles. The first kappa shape index (κ1) is 15.8. The smallest absolute Gasteiger partial charge is 0.254 e. The van der Waals surface area contributed by atoms with E-state index in [4.69, 9.17) is 4.74 Å². The van der Waals surface area contributed by atoms with Gasteiger partial charge in [0.15, 0.2) is 0 Å². The molecule has 2 heterocycles. The maximum absolute atomic E-state index is 12.6. The lowest BCUT2D eigenvalue weighted by atomic mass is 10.0. The molecular formula is C17H23N3O3. The quantitative estimate of drug-likeness (QED) is 0.882. The van der Waals surface area contributed by atoms with Gasteiger partial charge in [0.1, 0.15) is 5.75 Å². The van der Waals surface area contributed by atoms with Gasteiger partial charge in [0.05, 0.1) is 13.0 Å². The molecule has 0 bridgehead atoms. The van der Waals surface area contributed by atoms with Gasteiger partial charge in [0.25, 0.3) is 5.91 Å². The Labute approximate surface area is 136 Å². The molecule has 6 heteroatoms. The summed E-state index contributed by atoms with van der Waals surface area (Å²) in [5, 5.41) is 3.12. The van der Waals surface area contributed by atoms with E-state index in [0.29, 0.717) is 31.7 Å². The Morgan fingerprint density at radius 1 is 1.13 bits per heavy atom. The number of nitrogens with zero attached hydrogens (tertiary/aromatic N) is 2. The van der Waals surface area contributed by atoms with Crippen molar-refractivity contribution in [2.45, 2.75) is 6.92 Å². The van der Waals surface area contributed by atoms with Crippen LogP contribution in [0.2, 0.25) is 0 Å². The molecule has 2 saturated heterocycles. The molecule has 23 heavy (non-hydrogen) atoms. The van der Waals surface area contributed by atoms with Crippen molar-refractivity contribution in [1.29, 1.82) is 0 Å². The highest BCUT2D eigenvalue weighted by atomic mass is 16.5. The Balaban J connectivity index is 1.60. The molecule has 1 aromatic carbocycles. The molecule has 0 saturated carbocycles. The molecule has 2 fully saturated rings. The molecule has 124 valence electrons. The first-order chi connectivity index (χ1) is 11.1. The normalized spacial score (nSPS) is 18.5. The SMILES string of the molecule is COc1cc(C(=O)N2CCN(C(=O)C3CNC3)CC2)ccc1C. The second-order valence-corrected chi connectivity index (χ2v) is 6.16. The number of carbonyl (C=O) groups excluding carboxylic acids is 2. The number of nitrogens with one attached hydrogen (secondary N) is 1. The van der Waals surface area contributed by atoms with Gasteiger partial charge in [-0.3, -0.25) is 9.59 Å². The van der Waals surface area contributed by atoms with E-state index in [1.54, 1.807) is 13.2 Å². The van der Waals surface area contributed by atoms with E-state index in [2.05, 4.69) is 5.32 Å². The van der Waals surface area contributed by atoms with Crippen molar-refractivity contribution in [3.63, 3.8) is 0 Å². The van der Waals surface area contributed by atoms with Crippen LogP contribution in [0.3, 0.4) is 0 Å². The van der Waals surface area contributed by atoms with Gasteiger partial charge in [0, 0.05) is 44.8 Å². The van der Waals surface area contributed by atoms with Gasteiger partial charge >= 0.3 is 0 Å². The Morgan fingerprint density at radius 2 is 1.78 bits per heavy atom. The van der Waals surface area contributed by atoms with Gasteiger partial charge in [-0.25, -0.2) is 0 Å². The molecule has 0 unspecified atom stereocenters. The lowest BCUT2D eigenvalue weighted by Gasteiger charge is -2.38. The molecule has 1 N–H and O–H groups in total. The highest BCUT2D eigenvalue weighted by Crippen LogP contribution is 2.21. The zero-order valence-corrected chi connectivity index (χ0v) is 13.7. The van der Waals surface area contributed by atoms with Gasteiger partial charge in [-0.05, 0) is 24.6 Å². The summed E-state index contributed by atoms with van der Waals surface area (Å²) in [4.78, 5) is 28.5. The molecule has 3 rings (SSSR count). The van der Waals surface area contributed by atoms with Crippen LogP contribution in [-0.2, 0) is 4.79 Å². The fourth-order valence-corrected chi connectivity index (χ4v) is 2.99. The Bertz CT molecular complexity index is 605. The predicted octanol–water partition coefficient (Wildman–Crippen LogP) is 0.507. The number of rotatable bonds is 3. The van der Waals surface area contributed by atoms with E-state index in [0.717, 1.165) is 24.4 Å². The van der Waals surface area contributed by atoms with Crippen LogP contribution in [0.25, 0.3) is 0 Å². The largest absolute Gasteiger partial charge is 0.496 e. The third kappa shape index (κ3) is 3.17. The molecule has 2 amide bonds. The van der Waals surface area contributed by atoms with Gasteiger partial charge in [-0.15, -0.1) is 0 Å². The van der Waals surface area contributed by atoms with Crippen molar-refractivity contribution in [2.24, 2.45) is 5.92 Å². The minimum Gasteiger partial charge on any atom is -0.496 e. The summed E-state index contributed by atoms with van der Waals surface area (Å²) >= 11 is 0. The minimum atomic E-state index is 0.000657. The average molecular weight is 317 g/mol. The number of hydrogen-bond donors (Lipinski definition) is 1. The van der Waals surface area contributed by atoms with Gasteiger partial charge in [0.2, 0.25) is 5.91 Å². The second kappa shape index (κ2) is 6.58. The first-order valence-electron chi connectivity index (χ1n) is 8.03. The van der Waals surface area contributed by atoms with Crippen LogP contribution >= 0.6 is 0 Å². The Hall–Kier alpha value is -2.08. The highest BCUT2D eigenvalue weighted by Gasteiger charge is 2.32. The average Bonchev–Trinajstić information content (AvgIpc) is 2.53. The van der Waals surface area contributed by atoms with E-state index in [1.165, 1.54) is 0 Å². The van der Waals surface area contributed by atoms with Crippen LogP contribution in [0.1, 0.15) is 15.9 Å². The number of carbonyl (C=O) groups is 2. The van der Waals surface area contributed by atoms with E-state index in [1.807, 2.05) is 28.9 Å². The van der Waals surface area contributed by atoms with Gasteiger partial charge in [-0.2, -0.15) is 0 Å². The molecule has 0 spiro atoms. The number of piperazine rings is 1. The lowest BCUT2D eigenvalue weighted by Crippen LogP contribution is -2.57. The number of amides is 2. The fraction of sp³-hybridized carbons (Fsp3) is 0.529. The monoisotopic (exact) mass is 317 g/mol. The standard InChI is InChI=1S/C17H23N3O3/c1-12-3-4-13(9-15(12)23-2)16(21)19-5-7-20(8-6-19)17(22)14-10-18-11-14/h3-4,9,14,18H,5-8,10-11H2,1-2H3. The maximum Gasteiger partial charge on any atom is 0.254 e. The molecule has 1 aromatic rings. The van der Waals surface area contributed by atoms with Crippen LogP contribution in [0.4, 0.5) is 0 Å². The topological polar surface area (TPSA) is 61.9 Å². The molecule has 0 atom stereocenters. The first-order valence-corrected chi connectivity index (χ1v) is 8.03. The molecular weight excluding hydrogens is 294 g/mol. The summed E-state index contributed by atoms with van der Waals surface area (Å²) in [5.74, 6) is 1.06. The zero-order chi connectivity index (χ0) is 16.4. The van der Waals surface area contributed by atoms with Crippen LogP contribution in [0.15, 0.2) is 18.2 Å². The molecule has 6 nitrogen and oxygen atoms in total. The minimum absolute atomic E-state index is 0.000657. The third-order valence-electron chi connectivity index (χ3n) is 4.66. The number of aryl methyl sites for hydroxylation is 1. The molecule has 0 radical (unpaired) electrons. The second-order valence-electron chi connectivity index (χ2n) is 6.16. The van der Waals surface area contributed by atoms with Crippen LogP contribution in [-0.4, -0.2) is 68.0 Å². The van der Waals surface area contributed by atoms with Crippen molar-refractivity contribution in [2.75, 3.05) is 46.4 Å². The summed E-state index contributed by atoms with van der Waals surface area (Å²) in [5.41, 5.74) is 1.64. The van der Waals surface area contributed by atoms with E-state index < -0.39 is 0 Å². The van der Waals surface area contributed by atoms with E-state index >= 15 is 0 Å². The highest BCUT2D eigenvalue weighted by molar-refractivity contribution is 5.95. The van der Waals surface area contributed by atoms with Crippen LogP contribution < -0.4 is 10.1 Å². The summed E-state index contributed by atoms with van der Waals surface area (Å²) < 4.78 is 5.29. The predicted molar refractivity (Wildman–Crippen MR) is 86.6 cm³/mol. The number of benzene rings is 1. The lowest BCUT2D eigenvalue weighted by molar-refractivity contribution is -0.138. The maximum atomic E-state index is 12.6. The summed E-state index contributed by atoms with van der Waals surface area (Å²) in [6.07, 6.45) is 0. The molecule has 2 aliphatic heterocycles. The van der Waals surface area contributed by atoms with Crippen LogP contribution in [0, 0.1) is 12.8 Å². The molecule has 2 aliphatic rings. The van der Waals surface area contributed by atoms with Gasteiger partial charge < -0.3 is 19.9 Å². The van der Waals surface area contributed by atoms with Crippen molar-refractivity contribution in [1.82, 2.24) is 15.1 Å². The molecule has 0 aliphatic carbocycles. The number of methoxy groups -OCH3 is 1. The van der Waals surface area contributed by atoms with Crippen molar-refractivity contribution in [3.8, 4) is 5.75 Å². The van der Waals surface area contributed by atoms with Crippen molar-refractivity contribution < 1.29 is 14.3 Å². The van der Waals surface area contributed by atoms with E-state index in [9.17, 15) is 9.59 Å². The number of ether oxygens (including phenoxy) is 1. The summed E-state index contributed by atoms with van der Waals surface area (Å²) in [6, 6.07) is 5.52. The number of hydrogen-bond acceptors (Lipinski definition) is 4. The van der Waals surface area contributed by atoms with Gasteiger partial charge in [-0.1, -0.05) is 6.07 Å². The zero-order valence-electron chi connectivity index (χ0n) is 13.7. The summed E-state index contributed by atoms with van der Waals surface area (Å²) in [6.45, 7) is 5.91. The van der Waals surface area contributed by atoms with Crippen LogP contribution in [0.5, 0.6) is 5.75 Å². The Kier molecular flexibility index (Phi) is 4.52. The Morgan fingerprint density at radius 3 is 2.35 bits per heavy atom. The third-order valence-corrected chi connectivity index (χ3v) is 4.66. The summed E-state index contributed by atoms with van der Waals surface area (Å²) in [7, 11) is 1.61. The van der Waals surface area contributed by atoms with Crippen molar-refractivity contribution >= 4 is 11.8 Å².